The van der Waals surface area contributed by atoms with E-state index in [1.54, 1.807) is 19.1 Å². The van der Waals surface area contributed by atoms with Gasteiger partial charge in [-0.15, -0.1) is 0 Å². The number of alkyl halides is 2. The van der Waals surface area contributed by atoms with Crippen molar-refractivity contribution < 1.29 is 14.7 Å². The Morgan fingerprint density at radius 2 is 1.64 bits per heavy atom. The van der Waals surface area contributed by atoms with Gasteiger partial charge in [0, 0.05) is 9.65 Å². The Kier molecular flexibility index (Phi) is 3.21. The number of aromatic hydroxyl groups is 1. The molecule has 4 rings (SSSR count). The van der Waals surface area contributed by atoms with Crippen molar-refractivity contribution >= 4 is 49.4 Å². The third-order valence-corrected chi connectivity index (χ3v) is 8.62. The first-order valence-electron chi connectivity index (χ1n) is 7.37. The molecule has 1 heterocycles. The second kappa shape index (κ2) is 4.81. The maximum atomic E-state index is 12.9. The summed E-state index contributed by atoms with van der Waals surface area (Å²) < 4.78 is 0. The first kappa shape index (κ1) is 14.7. The quantitative estimate of drug-likeness (QED) is 0.552. The van der Waals surface area contributed by atoms with Crippen molar-refractivity contribution in [3.8, 4) is 5.75 Å². The van der Waals surface area contributed by atoms with Crippen molar-refractivity contribution in [2.45, 2.75) is 23.0 Å². The van der Waals surface area contributed by atoms with Crippen LogP contribution < -0.4 is 4.90 Å². The molecule has 1 aliphatic heterocycles. The van der Waals surface area contributed by atoms with Crippen LogP contribution in [0.2, 0.25) is 0 Å². The van der Waals surface area contributed by atoms with Crippen molar-refractivity contribution in [1.29, 1.82) is 0 Å². The highest BCUT2D eigenvalue weighted by Crippen LogP contribution is 2.60. The van der Waals surface area contributed by atoms with Gasteiger partial charge < -0.3 is 5.11 Å². The molecule has 2 saturated carbocycles. The summed E-state index contributed by atoms with van der Waals surface area (Å²) in [6.45, 7) is 1.80. The number of imide groups is 1. The molecule has 3 fully saturated rings. The predicted octanol–water partition coefficient (Wildman–Crippen LogP) is 2.98. The Morgan fingerprint density at radius 3 is 2.14 bits per heavy atom. The van der Waals surface area contributed by atoms with Gasteiger partial charge in [0.15, 0.2) is 0 Å². The van der Waals surface area contributed by atoms with E-state index in [2.05, 4.69) is 31.9 Å². The van der Waals surface area contributed by atoms with Crippen LogP contribution in [0.5, 0.6) is 5.75 Å². The molecule has 1 aromatic rings. The highest BCUT2D eigenvalue weighted by Gasteiger charge is 2.66. The molecule has 2 bridgehead atoms. The van der Waals surface area contributed by atoms with E-state index in [1.807, 2.05) is 0 Å². The van der Waals surface area contributed by atoms with E-state index >= 15 is 0 Å². The van der Waals surface area contributed by atoms with E-state index < -0.39 is 0 Å². The zero-order chi connectivity index (χ0) is 15.8. The number of rotatable bonds is 1. The van der Waals surface area contributed by atoms with Crippen LogP contribution in [0.3, 0.4) is 0 Å². The highest BCUT2D eigenvalue weighted by atomic mass is 79.9. The fraction of sp³-hybridized carbons (Fsp3) is 0.500. The lowest BCUT2D eigenvalue weighted by molar-refractivity contribution is -0.123. The third-order valence-electron chi connectivity index (χ3n) is 5.41. The van der Waals surface area contributed by atoms with Crippen LogP contribution in [0.4, 0.5) is 5.69 Å². The number of carbonyl (C=O) groups excluding carboxylic acids is 2. The van der Waals surface area contributed by atoms with Gasteiger partial charge in [-0.1, -0.05) is 31.9 Å². The number of nitrogens with zero attached hydrogens (tertiary/aromatic N) is 1. The molecule has 1 saturated heterocycles. The fourth-order valence-electron chi connectivity index (χ4n) is 4.48. The first-order valence-corrected chi connectivity index (χ1v) is 9.20. The number of hydrogen-bond acceptors (Lipinski definition) is 3. The Hall–Kier alpha value is -0.880. The number of benzene rings is 1. The predicted molar refractivity (Wildman–Crippen MR) is 89.3 cm³/mol. The van der Waals surface area contributed by atoms with E-state index in [1.165, 1.54) is 11.0 Å². The first-order chi connectivity index (χ1) is 10.4. The van der Waals surface area contributed by atoms with E-state index in [4.69, 9.17) is 0 Å². The summed E-state index contributed by atoms with van der Waals surface area (Å²) in [5.74, 6) is 0.00572. The Bertz CT molecular complexity index is 660. The maximum absolute atomic E-state index is 12.9. The van der Waals surface area contributed by atoms with Crippen LogP contribution in [0.25, 0.3) is 0 Å². The number of phenolic OH excluding ortho intramolecular Hbond substituents is 1. The number of fused-ring (bicyclic) bond motifs is 5. The zero-order valence-electron chi connectivity index (χ0n) is 11.9. The highest BCUT2D eigenvalue weighted by molar-refractivity contribution is 9.12. The third kappa shape index (κ3) is 1.74. The van der Waals surface area contributed by atoms with Crippen LogP contribution in [0, 0.1) is 30.6 Å². The molecule has 0 unspecified atom stereocenters. The largest absolute Gasteiger partial charge is 0.508 e. The SMILES string of the molecule is Cc1cc(O)ccc1N1C(=O)[C@@H]2[C@H]3C[C@H]([C@H](Br)[C@@H]3Br)[C@@H]2C1=O. The zero-order valence-corrected chi connectivity index (χ0v) is 15.0. The molecule has 3 aliphatic rings. The van der Waals surface area contributed by atoms with E-state index in [0.29, 0.717) is 5.69 Å². The van der Waals surface area contributed by atoms with Gasteiger partial charge in [0.1, 0.15) is 5.75 Å². The topological polar surface area (TPSA) is 57.6 Å². The normalized spacial score (nSPS) is 39.7. The van der Waals surface area contributed by atoms with Crippen molar-refractivity contribution in [3.63, 3.8) is 0 Å². The minimum absolute atomic E-state index is 0.0832. The maximum Gasteiger partial charge on any atom is 0.238 e. The minimum atomic E-state index is -0.205. The molecule has 2 aliphatic carbocycles. The van der Waals surface area contributed by atoms with E-state index in [9.17, 15) is 14.7 Å². The van der Waals surface area contributed by atoms with Crippen molar-refractivity contribution in [1.82, 2.24) is 0 Å². The lowest BCUT2D eigenvalue weighted by Crippen LogP contribution is -2.37. The number of halogens is 2. The summed E-state index contributed by atoms with van der Waals surface area (Å²) >= 11 is 7.37. The van der Waals surface area contributed by atoms with Gasteiger partial charge in [-0.3, -0.25) is 9.59 Å². The van der Waals surface area contributed by atoms with Gasteiger partial charge in [-0.05, 0) is 48.9 Å². The van der Waals surface area contributed by atoms with Gasteiger partial charge in [0.2, 0.25) is 11.8 Å². The number of carbonyl (C=O) groups is 2. The fourth-order valence-corrected chi connectivity index (χ4v) is 6.35. The second-order valence-corrected chi connectivity index (χ2v) is 8.60. The van der Waals surface area contributed by atoms with Gasteiger partial charge in [0.25, 0.3) is 0 Å². The summed E-state index contributed by atoms with van der Waals surface area (Å²) in [5.41, 5.74) is 1.33. The number of aryl methyl sites for hydroxylation is 1. The summed E-state index contributed by atoms with van der Waals surface area (Å²) in [6, 6.07) is 4.76. The van der Waals surface area contributed by atoms with Crippen LogP contribution in [-0.2, 0) is 9.59 Å². The lowest BCUT2D eigenvalue weighted by Gasteiger charge is -2.28. The molecule has 116 valence electrons. The molecule has 0 aromatic heterocycles. The Morgan fingerprint density at radius 1 is 1.09 bits per heavy atom. The second-order valence-electron chi connectivity index (χ2n) is 6.49. The number of amides is 2. The Labute approximate surface area is 145 Å². The van der Waals surface area contributed by atoms with Crippen molar-refractivity contribution in [2.75, 3.05) is 4.90 Å². The number of hydrogen-bond donors (Lipinski definition) is 1. The molecule has 22 heavy (non-hydrogen) atoms. The average molecular weight is 429 g/mol. The molecule has 1 N–H and O–H groups in total. The molecule has 0 spiro atoms. The van der Waals surface area contributed by atoms with Crippen molar-refractivity contribution in [2.24, 2.45) is 23.7 Å². The molecule has 2 amide bonds. The van der Waals surface area contributed by atoms with Crippen LogP contribution in [0.1, 0.15) is 12.0 Å². The smallest absolute Gasteiger partial charge is 0.238 e. The van der Waals surface area contributed by atoms with Gasteiger partial charge >= 0.3 is 0 Å². The van der Waals surface area contributed by atoms with Gasteiger partial charge in [-0.25, -0.2) is 4.90 Å². The molecule has 4 nitrogen and oxygen atoms in total. The van der Waals surface area contributed by atoms with Crippen LogP contribution >= 0.6 is 31.9 Å². The molecule has 6 atom stereocenters. The number of anilines is 1. The van der Waals surface area contributed by atoms with E-state index in [-0.39, 0.29) is 50.9 Å². The molecular formula is C16H15Br2NO3. The monoisotopic (exact) mass is 427 g/mol. The average Bonchev–Trinajstić information content (AvgIpc) is 3.06. The van der Waals surface area contributed by atoms with Crippen LogP contribution in [0.15, 0.2) is 18.2 Å². The van der Waals surface area contributed by atoms with Crippen LogP contribution in [-0.4, -0.2) is 26.6 Å². The minimum Gasteiger partial charge on any atom is -0.508 e. The van der Waals surface area contributed by atoms with Crippen molar-refractivity contribution in [3.05, 3.63) is 23.8 Å². The molecule has 0 radical (unpaired) electrons. The summed E-state index contributed by atoms with van der Waals surface area (Å²) in [4.78, 5) is 27.6. The number of phenols is 1. The standard InChI is InChI=1S/C16H15Br2NO3/c1-6-4-7(20)2-3-10(6)19-15(21)11-8-5-9(12(11)16(19)22)14(18)13(8)17/h2-4,8-9,11-14,20H,5H2,1H3/t8-,9+,11-,12+,13-,14+. The lowest BCUT2D eigenvalue weighted by atomic mass is 9.81. The Balaban J connectivity index is 1.76. The molecular weight excluding hydrogens is 414 g/mol. The van der Waals surface area contributed by atoms with Gasteiger partial charge in [-0.2, -0.15) is 0 Å². The molecule has 1 aromatic carbocycles. The van der Waals surface area contributed by atoms with Gasteiger partial charge in [0.05, 0.1) is 17.5 Å². The summed E-state index contributed by atoms with van der Waals surface area (Å²) in [5, 5.41) is 9.54. The van der Waals surface area contributed by atoms with E-state index in [0.717, 1.165) is 12.0 Å². The summed E-state index contributed by atoms with van der Waals surface area (Å²) in [7, 11) is 0. The summed E-state index contributed by atoms with van der Waals surface area (Å²) in [6.07, 6.45) is 0.932. The molecule has 6 heteroatoms.